The zero-order valence-corrected chi connectivity index (χ0v) is 22.4. The number of nitrogens with zero attached hydrogens (tertiary/aromatic N) is 3. The second-order valence-corrected chi connectivity index (χ2v) is 10.1. The van der Waals surface area contributed by atoms with Gasteiger partial charge in [0, 0.05) is 46.5 Å². The molecule has 1 fully saturated rings. The van der Waals surface area contributed by atoms with Gasteiger partial charge in [-0.3, -0.25) is 29.4 Å². The van der Waals surface area contributed by atoms with E-state index in [1.165, 1.54) is 12.1 Å². The Bertz CT molecular complexity index is 1680. The van der Waals surface area contributed by atoms with Crippen LogP contribution in [0.4, 0.5) is 16.2 Å². The summed E-state index contributed by atoms with van der Waals surface area (Å²) in [6, 6.07) is 20.8. The Morgan fingerprint density at radius 2 is 1.75 bits per heavy atom. The highest BCUT2D eigenvalue weighted by Gasteiger charge is 2.36. The number of hydrogen-bond acceptors (Lipinski definition) is 7. The number of benzene rings is 3. The molecule has 11 heteroatoms. The summed E-state index contributed by atoms with van der Waals surface area (Å²) in [6.45, 7) is 1.98. The van der Waals surface area contributed by atoms with Gasteiger partial charge in [-0.2, -0.15) is 0 Å². The maximum absolute atomic E-state index is 13.2. The van der Waals surface area contributed by atoms with E-state index in [-0.39, 0.29) is 10.6 Å². The minimum absolute atomic E-state index is 0.0203. The van der Waals surface area contributed by atoms with Crippen LogP contribution >= 0.6 is 11.8 Å². The smallest absolute Gasteiger partial charge is 0.294 e. The lowest BCUT2D eigenvalue weighted by atomic mass is 10.1. The minimum atomic E-state index is -0.536. The number of anilines is 1. The van der Waals surface area contributed by atoms with E-state index in [0.29, 0.717) is 18.0 Å². The number of aromatic nitrogens is 1. The van der Waals surface area contributed by atoms with Gasteiger partial charge in [-0.1, -0.05) is 30.3 Å². The van der Waals surface area contributed by atoms with E-state index < -0.39 is 28.5 Å². The molecule has 3 aromatic carbocycles. The molecule has 3 amide bonds. The molecule has 40 heavy (non-hydrogen) atoms. The molecule has 1 N–H and O–H groups in total. The quantitative estimate of drug-likeness (QED) is 0.170. The topological polar surface area (TPSA) is 124 Å². The lowest BCUT2D eigenvalue weighted by Crippen LogP contribution is -2.36. The van der Waals surface area contributed by atoms with Crippen molar-refractivity contribution in [3.8, 4) is 5.75 Å². The highest BCUT2D eigenvalue weighted by atomic mass is 32.2. The van der Waals surface area contributed by atoms with Gasteiger partial charge in [0.25, 0.3) is 16.8 Å². The normalized spacial score (nSPS) is 14.2. The minimum Gasteiger partial charge on any atom is -0.497 e. The van der Waals surface area contributed by atoms with Crippen molar-refractivity contribution in [1.82, 2.24) is 9.47 Å². The van der Waals surface area contributed by atoms with Gasteiger partial charge in [0.05, 0.1) is 16.9 Å². The number of non-ortho nitro benzene ring substituents is 1. The van der Waals surface area contributed by atoms with Crippen LogP contribution in [0.1, 0.15) is 16.8 Å². The Hall–Kier alpha value is -4.90. The summed E-state index contributed by atoms with van der Waals surface area (Å²) >= 11 is 0.794. The Labute approximate surface area is 233 Å². The number of carbonyl (C=O) groups is 3. The maximum atomic E-state index is 13.2. The number of para-hydroxylation sites is 1. The van der Waals surface area contributed by atoms with Crippen molar-refractivity contribution in [3.05, 3.63) is 105 Å². The molecule has 0 bridgehead atoms. The van der Waals surface area contributed by atoms with E-state index in [1.807, 2.05) is 31.2 Å². The van der Waals surface area contributed by atoms with Crippen LogP contribution in [0.15, 0.2) is 77.7 Å². The number of nitrogens with one attached hydrogen (secondary N) is 1. The van der Waals surface area contributed by atoms with E-state index in [1.54, 1.807) is 49.6 Å². The third-order valence-corrected chi connectivity index (χ3v) is 7.50. The van der Waals surface area contributed by atoms with Crippen LogP contribution in [0.2, 0.25) is 0 Å². The third kappa shape index (κ3) is 5.32. The van der Waals surface area contributed by atoms with E-state index in [0.717, 1.165) is 44.4 Å². The molecule has 1 aliphatic heterocycles. The highest BCUT2D eigenvalue weighted by molar-refractivity contribution is 8.18. The van der Waals surface area contributed by atoms with Crippen molar-refractivity contribution in [2.75, 3.05) is 19.0 Å². The molecule has 5 rings (SSSR count). The fourth-order valence-electron chi connectivity index (χ4n) is 4.54. The first-order valence-electron chi connectivity index (χ1n) is 12.3. The van der Waals surface area contributed by atoms with Gasteiger partial charge in [-0.15, -0.1) is 0 Å². The summed E-state index contributed by atoms with van der Waals surface area (Å²) in [5.41, 5.74) is 3.98. The summed E-state index contributed by atoms with van der Waals surface area (Å²) in [5, 5.41) is 14.1. The summed E-state index contributed by atoms with van der Waals surface area (Å²) in [4.78, 5) is 50.2. The third-order valence-electron chi connectivity index (χ3n) is 6.59. The Morgan fingerprint density at radius 1 is 1.05 bits per heavy atom. The highest BCUT2D eigenvalue weighted by Crippen LogP contribution is 2.36. The summed E-state index contributed by atoms with van der Waals surface area (Å²) in [5.74, 6) is -0.394. The number of amides is 3. The molecule has 2 heterocycles. The fraction of sp³-hybridized carbons (Fsp3) is 0.138. The van der Waals surface area contributed by atoms with Gasteiger partial charge in [0.2, 0.25) is 5.91 Å². The molecule has 0 aliphatic carbocycles. The second-order valence-electron chi connectivity index (χ2n) is 9.07. The first-order chi connectivity index (χ1) is 19.2. The average Bonchev–Trinajstić information content (AvgIpc) is 3.37. The lowest BCUT2D eigenvalue weighted by molar-refractivity contribution is -0.384. The van der Waals surface area contributed by atoms with E-state index >= 15 is 0 Å². The summed E-state index contributed by atoms with van der Waals surface area (Å²) in [6.07, 6.45) is 1.69. The lowest BCUT2D eigenvalue weighted by Gasteiger charge is -2.12. The Balaban J connectivity index is 1.38. The fourth-order valence-corrected chi connectivity index (χ4v) is 5.36. The summed E-state index contributed by atoms with van der Waals surface area (Å²) in [7, 11) is 1.54. The van der Waals surface area contributed by atoms with E-state index in [2.05, 4.69) is 9.88 Å². The van der Waals surface area contributed by atoms with Crippen molar-refractivity contribution in [2.45, 2.75) is 13.5 Å². The van der Waals surface area contributed by atoms with Crippen molar-refractivity contribution >= 4 is 57.2 Å². The van der Waals surface area contributed by atoms with Crippen molar-refractivity contribution in [1.29, 1.82) is 0 Å². The Morgan fingerprint density at radius 3 is 2.42 bits per heavy atom. The summed E-state index contributed by atoms with van der Waals surface area (Å²) < 4.78 is 7.17. The van der Waals surface area contributed by atoms with Crippen molar-refractivity contribution in [3.63, 3.8) is 0 Å². The molecule has 0 radical (unpaired) electrons. The van der Waals surface area contributed by atoms with E-state index in [4.69, 9.17) is 4.74 Å². The number of imide groups is 1. The van der Waals surface area contributed by atoms with Crippen molar-refractivity contribution in [2.24, 2.45) is 0 Å². The molecule has 1 aliphatic rings. The van der Waals surface area contributed by atoms with Crippen LogP contribution in [-0.2, 0) is 16.1 Å². The molecule has 1 aromatic heterocycles. The number of carbonyl (C=O) groups excluding carboxylic acids is 3. The van der Waals surface area contributed by atoms with Crippen LogP contribution in [0.25, 0.3) is 17.0 Å². The number of ether oxygens (including phenoxy) is 1. The van der Waals surface area contributed by atoms with E-state index in [9.17, 15) is 24.5 Å². The largest absolute Gasteiger partial charge is 0.497 e. The zero-order valence-electron chi connectivity index (χ0n) is 21.6. The number of nitro groups is 1. The average molecular weight is 557 g/mol. The predicted molar refractivity (Wildman–Crippen MR) is 153 cm³/mol. The van der Waals surface area contributed by atoms with Crippen molar-refractivity contribution < 1.29 is 24.0 Å². The predicted octanol–water partition coefficient (Wildman–Crippen LogP) is 5.59. The first-order valence-corrected chi connectivity index (χ1v) is 13.1. The maximum Gasteiger partial charge on any atom is 0.294 e. The van der Waals surface area contributed by atoms with Gasteiger partial charge in [-0.25, -0.2) is 0 Å². The van der Waals surface area contributed by atoms with Gasteiger partial charge < -0.3 is 14.6 Å². The van der Waals surface area contributed by atoms with Crippen LogP contribution in [0, 0.1) is 17.0 Å². The SMILES string of the molecule is COc1ccc(NC(=O)CN2C(=O)S/C(=C/c3c(C)n(Cc4ccc([N+](=O)[O-])cc4)c4ccccc34)C2=O)cc1. The monoisotopic (exact) mass is 556 g/mol. The molecule has 0 spiro atoms. The molecule has 4 aromatic rings. The number of methoxy groups -OCH3 is 1. The van der Waals surface area contributed by atoms with Gasteiger partial charge in [0.1, 0.15) is 12.3 Å². The molecule has 10 nitrogen and oxygen atoms in total. The molecular formula is C29H24N4O6S. The van der Waals surface area contributed by atoms with Gasteiger partial charge in [-0.05, 0) is 60.7 Å². The molecular weight excluding hydrogens is 532 g/mol. The first kappa shape index (κ1) is 26.7. The molecule has 0 saturated carbocycles. The molecule has 202 valence electrons. The number of rotatable bonds is 8. The van der Waals surface area contributed by atoms with Gasteiger partial charge in [0.15, 0.2) is 0 Å². The Kier molecular flexibility index (Phi) is 7.39. The zero-order chi connectivity index (χ0) is 28.4. The van der Waals surface area contributed by atoms with Crippen LogP contribution < -0.4 is 10.1 Å². The second kappa shape index (κ2) is 11.1. The van der Waals surface area contributed by atoms with Gasteiger partial charge >= 0.3 is 0 Å². The number of nitro benzene ring substituents is 1. The number of thioether (sulfide) groups is 1. The number of hydrogen-bond donors (Lipinski definition) is 1. The standard InChI is InChI=1S/C29H24N4O6S/c1-18-24(23-5-3-4-6-25(23)31(18)16-19-7-11-21(12-8-19)33(37)38)15-26-28(35)32(29(36)40-26)17-27(34)30-20-9-13-22(39-2)14-10-20/h3-15H,16-17H2,1-2H3,(H,30,34)/b26-15+. The van der Waals surface area contributed by atoms with Crippen LogP contribution in [0.3, 0.4) is 0 Å². The van der Waals surface area contributed by atoms with Crippen LogP contribution in [0.5, 0.6) is 5.75 Å². The number of fused-ring (bicyclic) bond motifs is 1. The molecule has 0 atom stereocenters. The molecule has 1 saturated heterocycles. The van der Waals surface area contributed by atoms with Crippen LogP contribution in [-0.4, -0.2) is 45.1 Å². The molecule has 0 unspecified atom stereocenters.